The van der Waals surface area contributed by atoms with E-state index in [4.69, 9.17) is 32.7 Å². The largest absolute Gasteiger partial charge is 0.462 e. The molecule has 0 aliphatic rings. The molecule has 1 amide bonds. The predicted octanol–water partition coefficient (Wildman–Crippen LogP) is 3.74. The summed E-state index contributed by atoms with van der Waals surface area (Å²) in [5.41, 5.74) is 0.190. The van der Waals surface area contributed by atoms with Crippen LogP contribution in [-0.4, -0.2) is 25.3 Å². The molecule has 0 saturated carbocycles. The fraction of sp³-hybridized carbons (Fsp3) is 0.333. The van der Waals surface area contributed by atoms with Gasteiger partial charge in [0.25, 0.3) is 0 Å². The van der Waals surface area contributed by atoms with E-state index in [0.717, 1.165) is 0 Å². The molecule has 0 radical (unpaired) electrons. The van der Waals surface area contributed by atoms with Crippen LogP contribution in [0, 0.1) is 0 Å². The standard InChI is InChI=1S/C12H13Cl2NO4/c1-3-18-11(16)8-5-7(13)6-9(14)10(8)15-12(17)19-4-2/h5-6H,3-4H2,1-2H3,(H,15,17). The van der Waals surface area contributed by atoms with Crippen LogP contribution in [0.3, 0.4) is 0 Å². The first-order chi connectivity index (χ1) is 8.99. The van der Waals surface area contributed by atoms with Crippen molar-refractivity contribution in [3.05, 3.63) is 27.7 Å². The van der Waals surface area contributed by atoms with Crippen molar-refractivity contribution in [2.24, 2.45) is 0 Å². The number of carbonyl (C=O) groups excluding carboxylic acids is 2. The number of anilines is 1. The summed E-state index contributed by atoms with van der Waals surface area (Å²) in [6, 6.07) is 2.78. The molecule has 0 fully saturated rings. The fourth-order valence-corrected chi connectivity index (χ4v) is 1.88. The zero-order valence-electron chi connectivity index (χ0n) is 10.5. The van der Waals surface area contributed by atoms with Gasteiger partial charge in [0.05, 0.1) is 29.5 Å². The molecule has 104 valence electrons. The highest BCUT2D eigenvalue weighted by molar-refractivity contribution is 6.37. The molecule has 0 atom stereocenters. The molecule has 0 spiro atoms. The van der Waals surface area contributed by atoms with Gasteiger partial charge in [0.2, 0.25) is 0 Å². The highest BCUT2D eigenvalue weighted by Gasteiger charge is 2.19. The Morgan fingerprint density at radius 1 is 1.16 bits per heavy atom. The zero-order chi connectivity index (χ0) is 14.4. The summed E-state index contributed by atoms with van der Waals surface area (Å²) in [6.07, 6.45) is -0.711. The SMILES string of the molecule is CCOC(=O)Nc1c(Cl)cc(Cl)cc1C(=O)OCC. The van der Waals surface area contributed by atoms with E-state index >= 15 is 0 Å². The molecule has 0 aliphatic heterocycles. The van der Waals surface area contributed by atoms with E-state index in [2.05, 4.69) is 5.32 Å². The van der Waals surface area contributed by atoms with Crippen molar-refractivity contribution in [1.29, 1.82) is 0 Å². The minimum Gasteiger partial charge on any atom is -0.462 e. The van der Waals surface area contributed by atoms with Crippen molar-refractivity contribution >= 4 is 41.0 Å². The molecule has 1 aromatic carbocycles. The number of amides is 1. The average molecular weight is 306 g/mol. The van der Waals surface area contributed by atoms with E-state index < -0.39 is 12.1 Å². The quantitative estimate of drug-likeness (QED) is 0.861. The molecule has 1 rings (SSSR count). The first-order valence-corrected chi connectivity index (χ1v) is 6.35. The minimum atomic E-state index is -0.711. The third kappa shape index (κ3) is 4.29. The van der Waals surface area contributed by atoms with Crippen molar-refractivity contribution in [3.8, 4) is 0 Å². The molecule has 7 heteroatoms. The van der Waals surface area contributed by atoms with Gasteiger partial charge in [0, 0.05) is 5.02 Å². The molecule has 0 bridgehead atoms. The lowest BCUT2D eigenvalue weighted by atomic mass is 10.2. The first-order valence-electron chi connectivity index (χ1n) is 5.59. The van der Waals surface area contributed by atoms with Gasteiger partial charge in [-0.1, -0.05) is 23.2 Å². The molecular formula is C12H13Cl2NO4. The lowest BCUT2D eigenvalue weighted by molar-refractivity contribution is 0.0527. The van der Waals surface area contributed by atoms with Gasteiger partial charge in [-0.2, -0.15) is 0 Å². The first kappa shape index (κ1) is 15.6. The van der Waals surface area contributed by atoms with Gasteiger partial charge in [0.15, 0.2) is 0 Å². The molecule has 19 heavy (non-hydrogen) atoms. The summed E-state index contributed by atoms with van der Waals surface area (Å²) in [7, 11) is 0. The number of hydrogen-bond acceptors (Lipinski definition) is 4. The highest BCUT2D eigenvalue weighted by Crippen LogP contribution is 2.31. The van der Waals surface area contributed by atoms with Crippen molar-refractivity contribution < 1.29 is 19.1 Å². The number of ether oxygens (including phenoxy) is 2. The highest BCUT2D eigenvalue weighted by atomic mass is 35.5. The number of hydrogen-bond donors (Lipinski definition) is 1. The number of esters is 1. The van der Waals surface area contributed by atoms with Gasteiger partial charge in [-0.15, -0.1) is 0 Å². The van der Waals surface area contributed by atoms with Crippen LogP contribution in [0.5, 0.6) is 0 Å². The van der Waals surface area contributed by atoms with Crippen LogP contribution in [0.15, 0.2) is 12.1 Å². The van der Waals surface area contributed by atoms with Gasteiger partial charge < -0.3 is 9.47 Å². The van der Waals surface area contributed by atoms with Crippen LogP contribution in [0.25, 0.3) is 0 Å². The Balaban J connectivity index is 3.13. The van der Waals surface area contributed by atoms with Crippen molar-refractivity contribution in [2.45, 2.75) is 13.8 Å². The van der Waals surface area contributed by atoms with Crippen molar-refractivity contribution in [3.63, 3.8) is 0 Å². The second kappa shape index (κ2) is 7.21. The van der Waals surface area contributed by atoms with Gasteiger partial charge in [0.1, 0.15) is 0 Å². The Kier molecular flexibility index (Phi) is 5.92. The number of halogens is 2. The van der Waals surface area contributed by atoms with Crippen molar-refractivity contribution in [1.82, 2.24) is 0 Å². The smallest absolute Gasteiger partial charge is 0.411 e. The molecule has 1 aromatic rings. The van der Waals surface area contributed by atoms with Gasteiger partial charge in [-0.05, 0) is 26.0 Å². The van der Waals surface area contributed by atoms with Gasteiger partial charge in [-0.25, -0.2) is 9.59 Å². The van der Waals surface area contributed by atoms with Crippen LogP contribution in [0.4, 0.5) is 10.5 Å². The Bertz CT molecular complexity index is 491. The minimum absolute atomic E-state index is 0.0763. The van der Waals surface area contributed by atoms with E-state index in [1.807, 2.05) is 0 Å². The van der Waals surface area contributed by atoms with Gasteiger partial charge in [-0.3, -0.25) is 5.32 Å². The van der Waals surface area contributed by atoms with E-state index in [9.17, 15) is 9.59 Å². The maximum Gasteiger partial charge on any atom is 0.411 e. The number of rotatable bonds is 4. The van der Waals surface area contributed by atoms with Crippen LogP contribution < -0.4 is 5.32 Å². The van der Waals surface area contributed by atoms with Crippen LogP contribution in [0.2, 0.25) is 10.0 Å². The molecule has 5 nitrogen and oxygen atoms in total. The topological polar surface area (TPSA) is 64.6 Å². The Hall–Kier alpha value is -1.46. The van der Waals surface area contributed by atoms with Gasteiger partial charge >= 0.3 is 12.1 Å². The van der Waals surface area contributed by atoms with E-state index in [1.54, 1.807) is 13.8 Å². The summed E-state index contributed by atoms with van der Waals surface area (Å²) >= 11 is 11.8. The fourth-order valence-electron chi connectivity index (χ4n) is 1.34. The zero-order valence-corrected chi connectivity index (χ0v) is 12.0. The lowest BCUT2D eigenvalue weighted by Crippen LogP contribution is -2.17. The summed E-state index contributed by atoms with van der Waals surface area (Å²) in [4.78, 5) is 23.2. The second-order valence-electron chi connectivity index (χ2n) is 3.38. The van der Waals surface area contributed by atoms with E-state index in [1.165, 1.54) is 12.1 Å². The van der Waals surface area contributed by atoms with Crippen LogP contribution >= 0.6 is 23.2 Å². The lowest BCUT2D eigenvalue weighted by Gasteiger charge is -2.12. The number of nitrogens with one attached hydrogen (secondary N) is 1. The predicted molar refractivity (Wildman–Crippen MR) is 73.1 cm³/mol. The third-order valence-electron chi connectivity index (χ3n) is 2.05. The maximum atomic E-state index is 11.8. The molecule has 0 aliphatic carbocycles. The molecule has 1 N–H and O–H groups in total. The summed E-state index contributed by atoms with van der Waals surface area (Å²) in [5, 5.41) is 2.79. The molecule has 0 heterocycles. The summed E-state index contributed by atoms with van der Waals surface area (Å²) in [5.74, 6) is -0.626. The number of carbonyl (C=O) groups is 2. The Labute approximate surface area is 120 Å². The van der Waals surface area contributed by atoms with Crippen LogP contribution in [0.1, 0.15) is 24.2 Å². The van der Waals surface area contributed by atoms with E-state index in [0.29, 0.717) is 0 Å². The number of benzene rings is 1. The average Bonchev–Trinajstić information content (AvgIpc) is 2.33. The van der Waals surface area contributed by atoms with Crippen LogP contribution in [-0.2, 0) is 9.47 Å². The second-order valence-corrected chi connectivity index (χ2v) is 4.22. The Morgan fingerprint density at radius 2 is 1.79 bits per heavy atom. The van der Waals surface area contributed by atoms with Crippen molar-refractivity contribution in [2.75, 3.05) is 18.5 Å². The third-order valence-corrected chi connectivity index (χ3v) is 2.57. The molecule has 0 saturated heterocycles. The Morgan fingerprint density at radius 3 is 2.37 bits per heavy atom. The summed E-state index contributed by atoms with van der Waals surface area (Å²) in [6.45, 7) is 3.73. The van der Waals surface area contributed by atoms with E-state index in [-0.39, 0.29) is 34.5 Å². The monoisotopic (exact) mass is 305 g/mol. The normalized spacial score (nSPS) is 9.89. The molecule has 0 aromatic heterocycles. The maximum absolute atomic E-state index is 11.8. The summed E-state index contributed by atoms with van der Waals surface area (Å²) < 4.78 is 9.60. The molecule has 0 unspecified atom stereocenters. The molecular weight excluding hydrogens is 293 g/mol.